The van der Waals surface area contributed by atoms with E-state index in [4.69, 9.17) is 0 Å². The highest BCUT2D eigenvalue weighted by atomic mass is 32.2. The van der Waals surface area contributed by atoms with Crippen LogP contribution in [-0.2, 0) is 5.75 Å². The number of aromatic nitrogens is 2. The van der Waals surface area contributed by atoms with Crippen LogP contribution in [0.1, 0.15) is 18.5 Å². The summed E-state index contributed by atoms with van der Waals surface area (Å²) in [5, 5.41) is 3.22. The number of aromatic amines is 1. The van der Waals surface area contributed by atoms with Gasteiger partial charge in [0.25, 0.3) is 5.56 Å². The number of rotatable bonds is 5. The molecule has 0 unspecified atom stereocenters. The van der Waals surface area contributed by atoms with Crippen LogP contribution in [0.25, 0.3) is 0 Å². The summed E-state index contributed by atoms with van der Waals surface area (Å²) in [6, 6.07) is 12.2. The number of anilines is 1. The molecule has 5 heteroatoms. The van der Waals surface area contributed by atoms with Gasteiger partial charge in [0, 0.05) is 22.8 Å². The molecule has 98 valence electrons. The fraction of sp³-hybridized carbons (Fsp3) is 0.286. The molecule has 1 aromatic heterocycles. The average Bonchev–Trinajstić information content (AvgIpc) is 3.21. The first-order chi connectivity index (χ1) is 9.29. The van der Waals surface area contributed by atoms with Gasteiger partial charge < -0.3 is 5.32 Å². The molecular weight excluding hydrogens is 258 g/mol. The monoisotopic (exact) mass is 273 g/mol. The molecule has 0 bridgehead atoms. The second kappa shape index (κ2) is 5.48. The van der Waals surface area contributed by atoms with Gasteiger partial charge in [-0.05, 0) is 25.0 Å². The third kappa shape index (κ3) is 3.61. The summed E-state index contributed by atoms with van der Waals surface area (Å²) in [4.78, 5) is 19.9. The highest BCUT2D eigenvalue weighted by molar-refractivity contribution is 7.98. The van der Waals surface area contributed by atoms with E-state index in [9.17, 15) is 4.79 Å². The zero-order chi connectivity index (χ0) is 13.1. The van der Waals surface area contributed by atoms with Crippen LogP contribution in [0.15, 0.2) is 46.1 Å². The Labute approximate surface area is 115 Å². The molecule has 2 N–H and O–H groups in total. The van der Waals surface area contributed by atoms with Crippen LogP contribution >= 0.6 is 11.8 Å². The number of benzene rings is 1. The van der Waals surface area contributed by atoms with E-state index in [0.29, 0.717) is 17.7 Å². The van der Waals surface area contributed by atoms with Crippen molar-refractivity contribution in [1.29, 1.82) is 0 Å². The number of hydrogen-bond donors (Lipinski definition) is 2. The van der Waals surface area contributed by atoms with Gasteiger partial charge in [-0.3, -0.25) is 9.78 Å². The van der Waals surface area contributed by atoms with E-state index in [1.807, 2.05) is 18.2 Å². The highest BCUT2D eigenvalue weighted by Crippen LogP contribution is 2.24. The van der Waals surface area contributed by atoms with Crippen molar-refractivity contribution in [2.24, 2.45) is 0 Å². The van der Waals surface area contributed by atoms with Gasteiger partial charge in [0.2, 0.25) is 5.95 Å². The van der Waals surface area contributed by atoms with Gasteiger partial charge in [0.15, 0.2) is 0 Å². The van der Waals surface area contributed by atoms with Crippen molar-refractivity contribution in [3.8, 4) is 0 Å². The molecule has 3 rings (SSSR count). The zero-order valence-corrected chi connectivity index (χ0v) is 11.2. The maximum Gasteiger partial charge on any atom is 0.252 e. The van der Waals surface area contributed by atoms with Crippen molar-refractivity contribution >= 4 is 17.7 Å². The second-order valence-electron chi connectivity index (χ2n) is 4.61. The molecule has 0 amide bonds. The first-order valence-electron chi connectivity index (χ1n) is 6.34. The lowest BCUT2D eigenvalue weighted by atomic mass is 10.4. The predicted octanol–water partition coefficient (Wildman–Crippen LogP) is 2.64. The normalized spacial score (nSPS) is 14.3. The number of hydrogen-bond acceptors (Lipinski definition) is 4. The molecule has 0 saturated heterocycles. The van der Waals surface area contributed by atoms with E-state index < -0.39 is 0 Å². The SMILES string of the molecule is O=c1cc(CSc2ccccc2)nc(NC2CC2)[nH]1. The summed E-state index contributed by atoms with van der Waals surface area (Å²) in [5.41, 5.74) is 0.711. The molecule has 0 aliphatic heterocycles. The van der Waals surface area contributed by atoms with Crippen molar-refractivity contribution < 1.29 is 0 Å². The third-order valence-corrected chi connectivity index (χ3v) is 3.89. The Bertz CT molecular complexity index is 608. The molecule has 1 aliphatic carbocycles. The minimum Gasteiger partial charge on any atom is -0.353 e. The summed E-state index contributed by atoms with van der Waals surface area (Å²) in [6.45, 7) is 0. The average molecular weight is 273 g/mol. The maximum atomic E-state index is 11.6. The van der Waals surface area contributed by atoms with Crippen LogP contribution in [0.5, 0.6) is 0 Å². The van der Waals surface area contributed by atoms with E-state index in [1.54, 1.807) is 17.8 Å². The van der Waals surface area contributed by atoms with Gasteiger partial charge in [0.1, 0.15) is 0 Å². The second-order valence-corrected chi connectivity index (χ2v) is 5.65. The Morgan fingerprint density at radius 2 is 2.11 bits per heavy atom. The molecule has 1 heterocycles. The molecule has 19 heavy (non-hydrogen) atoms. The van der Waals surface area contributed by atoms with Crippen LogP contribution in [0.2, 0.25) is 0 Å². The van der Waals surface area contributed by atoms with Gasteiger partial charge in [0.05, 0.1) is 5.69 Å². The maximum absolute atomic E-state index is 11.6. The van der Waals surface area contributed by atoms with Crippen molar-refractivity contribution in [3.05, 3.63) is 52.4 Å². The van der Waals surface area contributed by atoms with E-state index in [1.165, 1.54) is 4.90 Å². The number of H-pyrrole nitrogens is 1. The van der Waals surface area contributed by atoms with Gasteiger partial charge in [-0.2, -0.15) is 0 Å². The standard InChI is InChI=1S/C14H15N3OS/c18-13-8-11(9-19-12-4-2-1-3-5-12)16-14(17-13)15-10-6-7-10/h1-5,8,10H,6-7,9H2,(H2,15,16,17,18). The summed E-state index contributed by atoms with van der Waals surface area (Å²) >= 11 is 1.68. The molecule has 1 aromatic carbocycles. The van der Waals surface area contributed by atoms with Crippen LogP contribution in [-0.4, -0.2) is 16.0 Å². The smallest absolute Gasteiger partial charge is 0.252 e. The lowest BCUT2D eigenvalue weighted by Gasteiger charge is -2.05. The Balaban J connectivity index is 1.69. The summed E-state index contributed by atoms with van der Waals surface area (Å²) in [7, 11) is 0. The Morgan fingerprint density at radius 3 is 2.84 bits per heavy atom. The zero-order valence-electron chi connectivity index (χ0n) is 10.4. The topological polar surface area (TPSA) is 57.8 Å². The van der Waals surface area contributed by atoms with Gasteiger partial charge in [-0.1, -0.05) is 18.2 Å². The van der Waals surface area contributed by atoms with Gasteiger partial charge in [-0.15, -0.1) is 11.8 Å². The number of nitrogens with zero attached hydrogens (tertiary/aromatic N) is 1. The molecule has 0 radical (unpaired) electrons. The van der Waals surface area contributed by atoms with Crippen molar-refractivity contribution in [3.63, 3.8) is 0 Å². The molecule has 2 aromatic rings. The lowest BCUT2D eigenvalue weighted by Crippen LogP contribution is -2.14. The van der Waals surface area contributed by atoms with Crippen molar-refractivity contribution in [2.75, 3.05) is 5.32 Å². The van der Waals surface area contributed by atoms with E-state index in [-0.39, 0.29) is 5.56 Å². The number of thioether (sulfide) groups is 1. The molecule has 4 nitrogen and oxygen atoms in total. The summed E-state index contributed by atoms with van der Waals surface area (Å²) in [5.74, 6) is 1.30. The highest BCUT2D eigenvalue weighted by Gasteiger charge is 2.21. The first kappa shape index (κ1) is 12.3. The largest absolute Gasteiger partial charge is 0.353 e. The van der Waals surface area contributed by atoms with E-state index >= 15 is 0 Å². The van der Waals surface area contributed by atoms with Crippen LogP contribution in [0, 0.1) is 0 Å². The minimum absolute atomic E-state index is 0.0955. The van der Waals surface area contributed by atoms with E-state index in [2.05, 4.69) is 27.4 Å². The third-order valence-electron chi connectivity index (χ3n) is 2.84. The van der Waals surface area contributed by atoms with Crippen molar-refractivity contribution in [2.45, 2.75) is 29.5 Å². The Hall–Kier alpha value is -1.75. The Morgan fingerprint density at radius 1 is 1.32 bits per heavy atom. The quantitative estimate of drug-likeness (QED) is 0.822. The molecular formula is C14H15N3OS. The molecule has 0 atom stereocenters. The molecule has 1 aliphatic rings. The first-order valence-corrected chi connectivity index (χ1v) is 7.33. The molecule has 1 saturated carbocycles. The predicted molar refractivity (Wildman–Crippen MR) is 77.5 cm³/mol. The fourth-order valence-corrected chi connectivity index (χ4v) is 2.56. The molecule has 0 spiro atoms. The van der Waals surface area contributed by atoms with Crippen molar-refractivity contribution in [1.82, 2.24) is 9.97 Å². The Kier molecular flexibility index (Phi) is 3.55. The summed E-state index contributed by atoms with van der Waals surface area (Å²) < 4.78 is 0. The number of nitrogens with one attached hydrogen (secondary N) is 2. The lowest BCUT2D eigenvalue weighted by molar-refractivity contribution is 1.00. The van der Waals surface area contributed by atoms with E-state index in [0.717, 1.165) is 18.5 Å². The summed E-state index contributed by atoms with van der Waals surface area (Å²) in [6.07, 6.45) is 2.32. The molecule has 1 fully saturated rings. The van der Waals surface area contributed by atoms with Gasteiger partial charge >= 0.3 is 0 Å². The van der Waals surface area contributed by atoms with Crippen LogP contribution < -0.4 is 10.9 Å². The van der Waals surface area contributed by atoms with Crippen LogP contribution in [0.4, 0.5) is 5.95 Å². The fourth-order valence-electron chi connectivity index (χ4n) is 1.75. The minimum atomic E-state index is -0.0955. The van der Waals surface area contributed by atoms with Crippen LogP contribution in [0.3, 0.4) is 0 Å². The van der Waals surface area contributed by atoms with Gasteiger partial charge in [-0.25, -0.2) is 4.98 Å².